The standard InChI is InChI=1S/C30H43N3O3/c1-6-22(2)27(34)31-26(30(3,4)5)29(36)33-19-12-17-25(33)21-32(28(35)24-15-10-11-16-24)20-18-23-13-8-7-9-14-23/h7-11,13-15,22,25-26H,6,12,16-21H2,1-5H3,(H,31,34)/t22-,25+,26-/m1/s1. The first kappa shape index (κ1) is 27.7. The minimum Gasteiger partial charge on any atom is -0.344 e. The average molecular weight is 494 g/mol. The molecule has 1 N–H and O–H groups in total. The fraction of sp³-hybridized carbons (Fsp3) is 0.567. The Hall–Kier alpha value is -2.89. The molecule has 0 spiro atoms. The molecule has 1 fully saturated rings. The number of nitrogens with zero attached hydrogens (tertiary/aromatic N) is 2. The lowest BCUT2D eigenvalue weighted by molar-refractivity contribution is -0.142. The minimum atomic E-state index is -0.602. The lowest BCUT2D eigenvalue weighted by Gasteiger charge is -2.37. The van der Waals surface area contributed by atoms with Crippen LogP contribution in [0.15, 0.2) is 54.1 Å². The summed E-state index contributed by atoms with van der Waals surface area (Å²) in [5, 5.41) is 3.04. The maximum atomic E-state index is 13.8. The van der Waals surface area contributed by atoms with Crippen LogP contribution in [-0.4, -0.2) is 59.2 Å². The Morgan fingerprint density at radius 3 is 2.50 bits per heavy atom. The molecule has 1 aliphatic heterocycles. The average Bonchev–Trinajstić information content (AvgIpc) is 3.56. The van der Waals surface area contributed by atoms with Crippen molar-refractivity contribution in [1.29, 1.82) is 0 Å². The first-order valence-corrected chi connectivity index (χ1v) is 13.4. The molecule has 2 aliphatic rings. The van der Waals surface area contributed by atoms with Crippen LogP contribution < -0.4 is 5.32 Å². The van der Waals surface area contributed by atoms with Crippen LogP contribution in [0.4, 0.5) is 0 Å². The van der Waals surface area contributed by atoms with Crippen molar-refractivity contribution in [2.45, 2.75) is 78.8 Å². The molecule has 196 valence electrons. The molecule has 1 saturated heterocycles. The number of carbonyl (C=O) groups excluding carboxylic acids is 3. The van der Waals surface area contributed by atoms with Crippen molar-refractivity contribution in [3.63, 3.8) is 0 Å². The maximum Gasteiger partial charge on any atom is 0.250 e. The van der Waals surface area contributed by atoms with Crippen molar-refractivity contribution in [2.24, 2.45) is 11.3 Å². The lowest BCUT2D eigenvalue weighted by Crippen LogP contribution is -2.57. The third kappa shape index (κ3) is 7.08. The van der Waals surface area contributed by atoms with E-state index in [9.17, 15) is 14.4 Å². The van der Waals surface area contributed by atoms with Crippen molar-refractivity contribution in [3.8, 4) is 0 Å². The van der Waals surface area contributed by atoms with Crippen molar-refractivity contribution in [3.05, 3.63) is 59.7 Å². The van der Waals surface area contributed by atoms with Crippen LogP contribution in [0.1, 0.15) is 65.9 Å². The zero-order valence-electron chi connectivity index (χ0n) is 22.6. The van der Waals surface area contributed by atoms with Crippen molar-refractivity contribution in [2.75, 3.05) is 19.6 Å². The summed E-state index contributed by atoms with van der Waals surface area (Å²) < 4.78 is 0. The van der Waals surface area contributed by atoms with Crippen molar-refractivity contribution in [1.82, 2.24) is 15.1 Å². The maximum absolute atomic E-state index is 13.8. The van der Waals surface area contributed by atoms with Crippen LogP contribution >= 0.6 is 0 Å². The molecule has 1 aromatic rings. The van der Waals surface area contributed by atoms with E-state index in [4.69, 9.17) is 0 Å². The number of likely N-dealkylation sites (tertiary alicyclic amines) is 1. The third-order valence-corrected chi connectivity index (χ3v) is 7.40. The van der Waals surface area contributed by atoms with Gasteiger partial charge >= 0.3 is 0 Å². The molecule has 1 aromatic carbocycles. The van der Waals surface area contributed by atoms with Gasteiger partial charge in [0.2, 0.25) is 17.7 Å². The lowest BCUT2D eigenvalue weighted by atomic mass is 9.85. The number of hydrogen-bond donors (Lipinski definition) is 1. The second-order valence-corrected chi connectivity index (χ2v) is 11.3. The van der Waals surface area contributed by atoms with Crippen LogP contribution in [0.2, 0.25) is 0 Å². The third-order valence-electron chi connectivity index (χ3n) is 7.40. The van der Waals surface area contributed by atoms with E-state index in [0.29, 0.717) is 26.1 Å². The zero-order chi connectivity index (χ0) is 26.3. The van der Waals surface area contributed by atoms with Gasteiger partial charge in [0, 0.05) is 37.2 Å². The molecule has 1 heterocycles. The minimum absolute atomic E-state index is 0.0427. The highest BCUT2D eigenvalue weighted by atomic mass is 16.2. The second kappa shape index (κ2) is 12.4. The highest BCUT2D eigenvalue weighted by molar-refractivity contribution is 5.95. The summed E-state index contributed by atoms with van der Waals surface area (Å²) in [4.78, 5) is 43.8. The first-order chi connectivity index (χ1) is 17.1. The van der Waals surface area contributed by atoms with E-state index in [1.165, 1.54) is 5.56 Å². The molecular weight excluding hydrogens is 450 g/mol. The second-order valence-electron chi connectivity index (χ2n) is 11.3. The summed E-state index contributed by atoms with van der Waals surface area (Å²) in [7, 11) is 0. The summed E-state index contributed by atoms with van der Waals surface area (Å²) in [6.07, 6.45) is 9.74. The Balaban J connectivity index is 1.76. The molecule has 3 rings (SSSR count). The molecule has 6 heteroatoms. The van der Waals surface area contributed by atoms with Gasteiger partial charge in [-0.05, 0) is 43.1 Å². The number of rotatable bonds is 10. The quantitative estimate of drug-likeness (QED) is 0.521. The largest absolute Gasteiger partial charge is 0.344 e. The molecule has 0 unspecified atom stereocenters. The predicted octanol–water partition coefficient (Wildman–Crippen LogP) is 4.51. The Bertz CT molecular complexity index is 977. The van der Waals surface area contributed by atoms with E-state index in [-0.39, 0.29) is 29.7 Å². The van der Waals surface area contributed by atoms with E-state index in [1.807, 2.05) is 80.8 Å². The summed E-state index contributed by atoms with van der Waals surface area (Å²) in [6.45, 7) is 11.6. The van der Waals surface area contributed by atoms with Gasteiger partial charge < -0.3 is 15.1 Å². The van der Waals surface area contributed by atoms with Gasteiger partial charge in [0.25, 0.3) is 0 Å². The van der Waals surface area contributed by atoms with Crippen LogP contribution in [0.5, 0.6) is 0 Å². The molecule has 3 amide bonds. The van der Waals surface area contributed by atoms with Crippen molar-refractivity contribution >= 4 is 17.7 Å². The molecule has 0 bridgehead atoms. The highest BCUT2D eigenvalue weighted by Crippen LogP contribution is 2.27. The SMILES string of the molecule is CC[C@@H](C)C(=O)N[C@H](C(=O)N1CCC[C@H]1CN(CCc1ccccc1)C(=O)C1=CC=CC1)C(C)(C)C. The number of allylic oxidation sites excluding steroid dienone is 3. The molecule has 36 heavy (non-hydrogen) atoms. The zero-order valence-corrected chi connectivity index (χ0v) is 22.6. The van der Waals surface area contributed by atoms with E-state index in [0.717, 1.165) is 31.3 Å². The molecular formula is C30H43N3O3. The number of carbonyl (C=O) groups is 3. The highest BCUT2D eigenvalue weighted by Gasteiger charge is 2.40. The van der Waals surface area contributed by atoms with Gasteiger partial charge in [-0.1, -0.05) is 83.2 Å². The topological polar surface area (TPSA) is 69.7 Å². The molecule has 3 atom stereocenters. The summed E-state index contributed by atoms with van der Waals surface area (Å²) in [5.74, 6) is -0.218. The van der Waals surface area contributed by atoms with Gasteiger partial charge in [0.05, 0.1) is 0 Å². The first-order valence-electron chi connectivity index (χ1n) is 13.4. The molecule has 0 saturated carbocycles. The van der Waals surface area contributed by atoms with Crippen LogP contribution in [0.25, 0.3) is 0 Å². The van der Waals surface area contributed by atoms with Gasteiger partial charge in [-0.2, -0.15) is 0 Å². The molecule has 6 nitrogen and oxygen atoms in total. The van der Waals surface area contributed by atoms with Crippen LogP contribution in [0.3, 0.4) is 0 Å². The number of hydrogen-bond acceptors (Lipinski definition) is 3. The fourth-order valence-electron chi connectivity index (χ4n) is 4.85. The number of benzene rings is 1. The number of amides is 3. The van der Waals surface area contributed by atoms with E-state index in [2.05, 4.69) is 17.4 Å². The Morgan fingerprint density at radius 1 is 1.17 bits per heavy atom. The normalized spacial score (nSPS) is 19.1. The monoisotopic (exact) mass is 493 g/mol. The smallest absolute Gasteiger partial charge is 0.250 e. The summed E-state index contributed by atoms with van der Waals surface area (Å²) in [5.41, 5.74) is 1.57. The molecule has 0 aromatic heterocycles. The van der Waals surface area contributed by atoms with Gasteiger partial charge in [-0.3, -0.25) is 14.4 Å². The molecule has 1 aliphatic carbocycles. The summed E-state index contributed by atoms with van der Waals surface area (Å²) in [6, 6.07) is 9.53. The van der Waals surface area contributed by atoms with Gasteiger partial charge in [-0.25, -0.2) is 0 Å². The van der Waals surface area contributed by atoms with E-state index in [1.54, 1.807) is 0 Å². The Morgan fingerprint density at radius 2 is 1.89 bits per heavy atom. The molecule has 0 radical (unpaired) electrons. The Kier molecular flexibility index (Phi) is 9.52. The number of nitrogens with one attached hydrogen (secondary N) is 1. The summed E-state index contributed by atoms with van der Waals surface area (Å²) >= 11 is 0. The van der Waals surface area contributed by atoms with Crippen molar-refractivity contribution < 1.29 is 14.4 Å². The fourth-order valence-corrected chi connectivity index (χ4v) is 4.85. The van der Waals surface area contributed by atoms with Gasteiger partial charge in [0.1, 0.15) is 6.04 Å². The van der Waals surface area contributed by atoms with Crippen LogP contribution in [-0.2, 0) is 20.8 Å². The predicted molar refractivity (Wildman–Crippen MR) is 144 cm³/mol. The van der Waals surface area contributed by atoms with E-state index < -0.39 is 11.5 Å². The van der Waals surface area contributed by atoms with Crippen LogP contribution in [0, 0.1) is 11.3 Å². The Labute approximate surface area is 216 Å². The van der Waals surface area contributed by atoms with E-state index >= 15 is 0 Å². The van der Waals surface area contributed by atoms with Gasteiger partial charge in [-0.15, -0.1) is 0 Å². The van der Waals surface area contributed by atoms with Gasteiger partial charge in [0.15, 0.2) is 0 Å².